The molecular formula is C12H15ClN2O4S. The Morgan fingerprint density at radius 2 is 2.00 bits per heavy atom. The van der Waals surface area contributed by atoms with Crippen LogP contribution < -0.4 is 4.72 Å². The molecule has 0 bridgehead atoms. The summed E-state index contributed by atoms with van der Waals surface area (Å²) in [7, 11) is -4.07. The van der Waals surface area contributed by atoms with Crippen LogP contribution in [0, 0.1) is 11.3 Å². The van der Waals surface area contributed by atoms with Crippen LogP contribution in [0.1, 0.15) is 18.9 Å². The number of aliphatic hydroxyl groups is 2. The third-order valence-corrected chi connectivity index (χ3v) is 5.04. The summed E-state index contributed by atoms with van der Waals surface area (Å²) >= 11 is 5.84. The number of rotatable bonds is 6. The lowest BCUT2D eigenvalue weighted by Gasteiger charge is -2.29. The van der Waals surface area contributed by atoms with Gasteiger partial charge in [-0.25, -0.2) is 13.1 Å². The molecule has 0 fully saturated rings. The minimum absolute atomic E-state index is 0.0441. The van der Waals surface area contributed by atoms with Gasteiger partial charge in [0.1, 0.15) is 4.90 Å². The highest BCUT2D eigenvalue weighted by Crippen LogP contribution is 2.24. The molecule has 1 rings (SSSR count). The minimum atomic E-state index is -4.07. The van der Waals surface area contributed by atoms with E-state index in [1.165, 1.54) is 12.1 Å². The molecule has 0 saturated heterocycles. The molecule has 0 radical (unpaired) electrons. The molecule has 0 unspecified atom stereocenters. The Morgan fingerprint density at radius 1 is 1.40 bits per heavy atom. The van der Waals surface area contributed by atoms with Crippen LogP contribution in [-0.4, -0.2) is 37.4 Å². The number of aliphatic hydroxyl groups excluding tert-OH is 2. The van der Waals surface area contributed by atoms with E-state index in [1.54, 1.807) is 6.92 Å². The summed E-state index contributed by atoms with van der Waals surface area (Å²) in [6, 6.07) is 5.66. The van der Waals surface area contributed by atoms with Crippen molar-refractivity contribution < 1.29 is 18.6 Å². The maximum absolute atomic E-state index is 12.3. The van der Waals surface area contributed by atoms with E-state index in [9.17, 15) is 18.6 Å². The van der Waals surface area contributed by atoms with Gasteiger partial charge < -0.3 is 10.2 Å². The molecule has 0 spiro atoms. The van der Waals surface area contributed by atoms with Crippen molar-refractivity contribution in [2.24, 2.45) is 0 Å². The van der Waals surface area contributed by atoms with Crippen LogP contribution in [0.5, 0.6) is 0 Å². The van der Waals surface area contributed by atoms with E-state index in [-0.39, 0.29) is 21.9 Å². The molecule has 0 heterocycles. The summed E-state index contributed by atoms with van der Waals surface area (Å²) in [6.45, 7) is 0.506. The molecule has 8 heteroatoms. The van der Waals surface area contributed by atoms with Gasteiger partial charge in [0.05, 0.1) is 35.4 Å². The first-order chi connectivity index (χ1) is 9.34. The van der Waals surface area contributed by atoms with E-state index in [0.717, 1.165) is 6.07 Å². The van der Waals surface area contributed by atoms with E-state index in [1.807, 2.05) is 6.07 Å². The van der Waals surface area contributed by atoms with Crippen molar-refractivity contribution in [3.8, 4) is 6.07 Å². The van der Waals surface area contributed by atoms with Crippen molar-refractivity contribution in [3.05, 3.63) is 28.8 Å². The predicted molar refractivity (Wildman–Crippen MR) is 73.7 cm³/mol. The first-order valence-electron chi connectivity index (χ1n) is 5.79. The fourth-order valence-corrected chi connectivity index (χ4v) is 3.51. The van der Waals surface area contributed by atoms with Crippen molar-refractivity contribution in [1.82, 2.24) is 4.72 Å². The summed E-state index contributed by atoms with van der Waals surface area (Å²) in [5.41, 5.74) is -1.23. The monoisotopic (exact) mass is 318 g/mol. The zero-order chi connectivity index (χ0) is 15.4. The van der Waals surface area contributed by atoms with Crippen LogP contribution in [0.4, 0.5) is 0 Å². The topological polar surface area (TPSA) is 110 Å². The number of hydrogen-bond acceptors (Lipinski definition) is 5. The highest BCUT2D eigenvalue weighted by Gasteiger charge is 2.33. The van der Waals surface area contributed by atoms with Crippen molar-refractivity contribution in [2.45, 2.75) is 23.8 Å². The molecule has 0 aliphatic heterocycles. The number of nitrogens with zero attached hydrogens (tertiary/aromatic N) is 1. The fraction of sp³-hybridized carbons (Fsp3) is 0.417. The van der Waals surface area contributed by atoms with Gasteiger partial charge in [-0.3, -0.25) is 0 Å². The van der Waals surface area contributed by atoms with Crippen molar-refractivity contribution in [1.29, 1.82) is 5.26 Å². The summed E-state index contributed by atoms with van der Waals surface area (Å²) < 4.78 is 26.8. The molecule has 6 nitrogen and oxygen atoms in total. The fourth-order valence-electron chi connectivity index (χ4n) is 1.53. The van der Waals surface area contributed by atoms with Gasteiger partial charge in [0.25, 0.3) is 0 Å². The molecule has 1 aromatic carbocycles. The van der Waals surface area contributed by atoms with Gasteiger partial charge in [-0.1, -0.05) is 18.5 Å². The Labute approximate surface area is 122 Å². The molecule has 0 saturated carbocycles. The maximum atomic E-state index is 12.3. The van der Waals surface area contributed by atoms with Crippen LogP contribution in [0.2, 0.25) is 5.02 Å². The van der Waals surface area contributed by atoms with E-state index < -0.39 is 28.8 Å². The quantitative estimate of drug-likeness (QED) is 0.712. The van der Waals surface area contributed by atoms with Crippen LogP contribution in [0.15, 0.2) is 23.1 Å². The largest absolute Gasteiger partial charge is 0.394 e. The standard InChI is InChI=1S/C12H15ClN2O4S/c1-2-12(7-16,8-17)15-20(18,19)11-5-9(6-14)3-4-10(11)13/h3-5,15-17H,2,7-8H2,1H3. The minimum Gasteiger partial charge on any atom is -0.394 e. The molecule has 0 amide bonds. The lowest BCUT2D eigenvalue weighted by atomic mass is 10.0. The van der Waals surface area contributed by atoms with Gasteiger partial charge in [-0.2, -0.15) is 5.26 Å². The Bertz CT molecular complexity index is 613. The number of hydrogen-bond donors (Lipinski definition) is 3. The number of nitrogens with one attached hydrogen (secondary N) is 1. The predicted octanol–water partition coefficient (Wildman–Crippen LogP) is 0.623. The molecule has 110 valence electrons. The molecule has 1 aromatic rings. The average Bonchev–Trinajstić information content (AvgIpc) is 2.45. The zero-order valence-corrected chi connectivity index (χ0v) is 12.4. The maximum Gasteiger partial charge on any atom is 0.242 e. The summed E-state index contributed by atoms with van der Waals surface area (Å²) in [4.78, 5) is -0.266. The van der Waals surface area contributed by atoms with Gasteiger partial charge in [0.2, 0.25) is 10.0 Å². The average molecular weight is 319 g/mol. The molecule has 3 N–H and O–H groups in total. The molecule has 0 aromatic heterocycles. The second kappa shape index (κ2) is 6.52. The summed E-state index contributed by atoms with van der Waals surface area (Å²) in [5, 5.41) is 27.3. The highest BCUT2D eigenvalue weighted by atomic mass is 35.5. The number of benzene rings is 1. The van der Waals surface area contributed by atoms with Crippen molar-refractivity contribution in [3.63, 3.8) is 0 Å². The van der Waals surface area contributed by atoms with Crippen molar-refractivity contribution >= 4 is 21.6 Å². The highest BCUT2D eigenvalue weighted by molar-refractivity contribution is 7.89. The van der Waals surface area contributed by atoms with E-state index in [4.69, 9.17) is 16.9 Å². The molecule has 0 aliphatic carbocycles. The van der Waals surface area contributed by atoms with Gasteiger partial charge in [-0.15, -0.1) is 0 Å². The molecule has 20 heavy (non-hydrogen) atoms. The summed E-state index contributed by atoms with van der Waals surface area (Å²) in [6.07, 6.45) is 0.189. The van der Waals surface area contributed by atoms with Crippen LogP contribution in [0.3, 0.4) is 0 Å². The number of halogens is 1. The van der Waals surface area contributed by atoms with E-state index in [0.29, 0.717) is 0 Å². The third-order valence-electron chi connectivity index (χ3n) is 2.98. The Kier molecular flexibility index (Phi) is 5.50. The third kappa shape index (κ3) is 3.48. The Morgan fingerprint density at radius 3 is 2.45 bits per heavy atom. The second-order valence-corrected chi connectivity index (χ2v) is 6.37. The molecular weight excluding hydrogens is 304 g/mol. The second-order valence-electron chi connectivity index (χ2n) is 4.31. The van der Waals surface area contributed by atoms with Crippen LogP contribution in [-0.2, 0) is 10.0 Å². The van der Waals surface area contributed by atoms with Crippen LogP contribution in [0.25, 0.3) is 0 Å². The van der Waals surface area contributed by atoms with Gasteiger partial charge in [-0.05, 0) is 24.6 Å². The first kappa shape index (κ1) is 16.9. The van der Waals surface area contributed by atoms with Gasteiger partial charge >= 0.3 is 0 Å². The normalized spacial score (nSPS) is 12.2. The van der Waals surface area contributed by atoms with E-state index >= 15 is 0 Å². The van der Waals surface area contributed by atoms with Crippen LogP contribution >= 0.6 is 11.6 Å². The van der Waals surface area contributed by atoms with E-state index in [2.05, 4.69) is 4.72 Å². The van der Waals surface area contributed by atoms with Gasteiger partial charge in [0.15, 0.2) is 0 Å². The SMILES string of the molecule is CCC(CO)(CO)NS(=O)(=O)c1cc(C#N)ccc1Cl. The molecule has 0 atom stereocenters. The number of sulfonamides is 1. The summed E-state index contributed by atoms with van der Waals surface area (Å²) in [5.74, 6) is 0. The van der Waals surface area contributed by atoms with Crippen molar-refractivity contribution in [2.75, 3.05) is 13.2 Å². The zero-order valence-electron chi connectivity index (χ0n) is 10.8. The smallest absolute Gasteiger partial charge is 0.242 e. The number of nitriles is 1. The lowest BCUT2D eigenvalue weighted by Crippen LogP contribution is -2.53. The van der Waals surface area contributed by atoms with Gasteiger partial charge in [0, 0.05) is 0 Å². The lowest BCUT2D eigenvalue weighted by molar-refractivity contribution is 0.105. The molecule has 0 aliphatic rings. The Balaban J connectivity index is 3.28. The first-order valence-corrected chi connectivity index (χ1v) is 7.65. The Hall–Kier alpha value is -1.17.